The molecule has 0 saturated carbocycles. The van der Waals surface area contributed by atoms with Crippen molar-refractivity contribution in [2.24, 2.45) is 16.7 Å². The first-order valence-corrected chi connectivity index (χ1v) is 6.34. The Bertz CT molecular complexity index is 347. The maximum atomic E-state index is 11.8. The van der Waals surface area contributed by atoms with Gasteiger partial charge in [-0.25, -0.2) is 8.42 Å². The van der Waals surface area contributed by atoms with Crippen LogP contribution in [0.3, 0.4) is 0 Å². The molecule has 0 aromatic rings. The van der Waals surface area contributed by atoms with Crippen molar-refractivity contribution in [3.63, 3.8) is 0 Å². The molecule has 0 aromatic carbocycles. The van der Waals surface area contributed by atoms with Gasteiger partial charge in [-0.1, -0.05) is 41.5 Å². The van der Waals surface area contributed by atoms with E-state index < -0.39 is 38.5 Å². The molecule has 0 unspecified atom stereocenters. The summed E-state index contributed by atoms with van der Waals surface area (Å²) in [4.78, 5) is 0. The van der Waals surface area contributed by atoms with Crippen molar-refractivity contribution in [2.45, 2.75) is 41.5 Å². The van der Waals surface area contributed by atoms with Crippen molar-refractivity contribution in [3.05, 3.63) is 0 Å². The largest absolute Gasteiger partial charge is 0.229 e. The fourth-order valence-electron chi connectivity index (χ4n) is 1.83. The Balaban J connectivity index is 5.83. The van der Waals surface area contributed by atoms with Gasteiger partial charge in [0, 0.05) is 10.3 Å². The highest BCUT2D eigenvalue weighted by molar-refractivity contribution is 7.90. The highest BCUT2D eigenvalue weighted by atomic mass is 32.2. The van der Waals surface area contributed by atoms with Crippen LogP contribution in [-0.2, 0) is 9.84 Å². The van der Waals surface area contributed by atoms with Gasteiger partial charge in [0.1, 0.15) is 9.84 Å². The van der Waals surface area contributed by atoms with E-state index in [1.54, 1.807) is 0 Å². The van der Waals surface area contributed by atoms with Crippen LogP contribution in [-0.4, -0.2) is 20.4 Å². The molecule has 0 aliphatic heterocycles. The zero-order chi connectivity index (χ0) is 14.3. The van der Waals surface area contributed by atoms with Gasteiger partial charge in [-0.3, -0.25) is 0 Å². The molecule has 0 aromatic heterocycles. The molecule has 86 valence electrons. The number of sulfone groups is 1. The topological polar surface area (TPSA) is 34.1 Å². The smallest absolute Gasteiger partial charge is 0.147 e. The molecule has 0 bridgehead atoms. The second kappa shape index (κ2) is 3.84. The molecule has 0 rings (SSSR count). The Morgan fingerprint density at radius 2 is 1.50 bits per heavy atom. The number of hydrogen-bond acceptors (Lipinski definition) is 2. The van der Waals surface area contributed by atoms with Crippen LogP contribution < -0.4 is 0 Å². The summed E-state index contributed by atoms with van der Waals surface area (Å²) in [6.07, 6.45) is -0.914. The van der Waals surface area contributed by atoms with Gasteiger partial charge in [-0.05, 0) is 16.7 Å². The van der Waals surface area contributed by atoms with Crippen LogP contribution in [0.15, 0.2) is 0 Å². The molecule has 0 aliphatic carbocycles. The quantitative estimate of drug-likeness (QED) is 0.721. The minimum Gasteiger partial charge on any atom is -0.229 e. The second-order valence-corrected chi connectivity index (χ2v) is 7.36. The molecule has 0 amide bonds. The van der Waals surface area contributed by atoms with E-state index in [0.717, 1.165) is 0 Å². The summed E-state index contributed by atoms with van der Waals surface area (Å²) < 4.78 is 46.5. The van der Waals surface area contributed by atoms with Crippen LogP contribution in [0.25, 0.3) is 0 Å². The van der Waals surface area contributed by atoms with Gasteiger partial charge in [0.2, 0.25) is 0 Å². The van der Waals surface area contributed by atoms with Crippen molar-refractivity contribution in [1.29, 1.82) is 0 Å². The summed E-state index contributed by atoms with van der Waals surface area (Å²) in [7, 11) is -4.06. The lowest BCUT2D eigenvalue weighted by atomic mass is 9.68. The molecule has 0 atom stereocenters. The average Bonchev–Trinajstić information content (AvgIpc) is 1.96. The van der Waals surface area contributed by atoms with Crippen molar-refractivity contribution in [3.8, 4) is 0 Å². The maximum absolute atomic E-state index is 11.8. The van der Waals surface area contributed by atoms with E-state index in [2.05, 4.69) is 0 Å². The minimum atomic E-state index is -4.06. The first kappa shape index (κ1) is 9.20. The van der Waals surface area contributed by atoms with Gasteiger partial charge < -0.3 is 0 Å². The summed E-state index contributed by atoms with van der Waals surface area (Å²) in [5.41, 5.74) is -3.38. The Kier molecular flexibility index (Phi) is 2.52. The molecule has 0 saturated heterocycles. The van der Waals surface area contributed by atoms with Crippen LogP contribution in [0.1, 0.15) is 45.7 Å². The van der Waals surface area contributed by atoms with Gasteiger partial charge >= 0.3 is 0 Å². The van der Waals surface area contributed by atoms with Crippen LogP contribution in [0.5, 0.6) is 0 Å². The fraction of sp³-hybridized carbons (Fsp3) is 1.00. The third kappa shape index (κ3) is 4.99. The molecule has 0 heterocycles. The molecule has 2 nitrogen and oxygen atoms in total. The van der Waals surface area contributed by atoms with E-state index in [0.29, 0.717) is 0 Å². The number of hydrogen-bond donors (Lipinski definition) is 0. The third-order valence-electron chi connectivity index (χ3n) is 2.03. The van der Waals surface area contributed by atoms with Crippen molar-refractivity contribution in [1.82, 2.24) is 0 Å². The zero-order valence-corrected chi connectivity index (χ0v) is 10.8. The Hall–Kier alpha value is -0.0500. The summed E-state index contributed by atoms with van der Waals surface area (Å²) >= 11 is 0. The summed E-state index contributed by atoms with van der Waals surface area (Å²) in [5, 5.41) is 0. The highest BCUT2D eigenvalue weighted by Crippen LogP contribution is 2.40. The van der Waals surface area contributed by atoms with Crippen LogP contribution in [0.2, 0.25) is 0 Å². The van der Waals surface area contributed by atoms with E-state index >= 15 is 0 Å². The van der Waals surface area contributed by atoms with Crippen LogP contribution >= 0.6 is 0 Å². The SMILES string of the molecule is [2H]CS(=O)(=O)C([2H])([2H])C(C(C)(C)C)C(C)(C)C. The van der Waals surface area contributed by atoms with Gasteiger partial charge in [0.25, 0.3) is 0 Å². The molecule has 14 heavy (non-hydrogen) atoms. The van der Waals surface area contributed by atoms with Crippen molar-refractivity contribution < 1.29 is 12.5 Å². The lowest BCUT2D eigenvalue weighted by Crippen LogP contribution is -2.37. The van der Waals surface area contributed by atoms with Crippen LogP contribution in [0, 0.1) is 16.7 Å². The molecule has 0 N–H and O–H groups in total. The van der Waals surface area contributed by atoms with Crippen LogP contribution in [0.4, 0.5) is 0 Å². The van der Waals surface area contributed by atoms with E-state index in [1.165, 1.54) is 0 Å². The standard InChI is InChI=1S/C11H24O2S/c1-10(2,3)9(11(4,5)6)8-14(7,12)13/h9H,8H2,1-7H3/i7D,8D2. The predicted octanol–water partition coefficient (Wildman–Crippen LogP) is 2.74. The highest BCUT2D eigenvalue weighted by Gasteiger charge is 2.36. The molecule has 0 spiro atoms. The predicted molar refractivity (Wildman–Crippen MR) is 62.1 cm³/mol. The normalized spacial score (nSPS) is 18.9. The van der Waals surface area contributed by atoms with Gasteiger partial charge in [0.15, 0.2) is 0 Å². The third-order valence-corrected chi connectivity index (χ3v) is 2.62. The first-order chi connectivity index (χ1) is 7.18. The Morgan fingerprint density at radius 3 is 1.71 bits per heavy atom. The lowest BCUT2D eigenvalue weighted by Gasteiger charge is -2.40. The molecular formula is C11H24O2S. The van der Waals surface area contributed by atoms with Gasteiger partial charge in [-0.2, -0.15) is 0 Å². The monoisotopic (exact) mass is 223 g/mol. The first-order valence-electron chi connectivity index (χ1n) is 6.40. The molecule has 0 aliphatic rings. The van der Waals surface area contributed by atoms with E-state index in [9.17, 15) is 8.42 Å². The Labute approximate surface area is 93.2 Å². The zero-order valence-electron chi connectivity index (χ0n) is 13.0. The summed E-state index contributed by atoms with van der Waals surface area (Å²) in [6.45, 7) is 11.0. The van der Waals surface area contributed by atoms with E-state index in [-0.39, 0.29) is 0 Å². The van der Waals surface area contributed by atoms with E-state index in [1.807, 2.05) is 41.5 Å². The average molecular weight is 223 g/mol. The maximum Gasteiger partial charge on any atom is 0.147 e. The summed E-state index contributed by atoms with van der Waals surface area (Å²) in [5.74, 6) is -0.683. The molecule has 3 heteroatoms. The number of rotatable bonds is 2. The van der Waals surface area contributed by atoms with Gasteiger partial charge in [-0.15, -0.1) is 0 Å². The Morgan fingerprint density at radius 1 is 1.14 bits per heavy atom. The van der Waals surface area contributed by atoms with Crippen molar-refractivity contribution in [2.75, 3.05) is 11.9 Å². The van der Waals surface area contributed by atoms with Gasteiger partial charge in [0.05, 0.1) is 5.70 Å². The lowest BCUT2D eigenvalue weighted by molar-refractivity contribution is 0.123. The fourth-order valence-corrected chi connectivity index (χ4v) is 2.90. The molecule has 0 radical (unpaired) electrons. The van der Waals surface area contributed by atoms with E-state index in [4.69, 9.17) is 4.11 Å². The second-order valence-electron chi connectivity index (χ2n) is 5.90. The summed E-state index contributed by atoms with van der Waals surface area (Å²) in [6, 6.07) is 0. The van der Waals surface area contributed by atoms with Crippen molar-refractivity contribution >= 4 is 9.84 Å². The molecule has 0 fully saturated rings. The minimum absolute atomic E-state index is 0.496. The molecular weight excluding hydrogens is 196 g/mol.